The minimum Gasteiger partial charge on any atom is -0.383 e. The second kappa shape index (κ2) is 7.03. The van der Waals surface area contributed by atoms with Gasteiger partial charge in [0.25, 0.3) is 0 Å². The number of aromatic amines is 1. The number of hydrogen-bond donors (Lipinski definition) is 1. The van der Waals surface area contributed by atoms with Gasteiger partial charge in [-0.15, -0.1) is 0 Å². The van der Waals surface area contributed by atoms with Crippen LogP contribution < -0.4 is 0 Å². The molecular weight excluding hydrogens is 276 g/mol. The van der Waals surface area contributed by atoms with Gasteiger partial charge in [-0.2, -0.15) is 5.10 Å². The Balaban J connectivity index is 1.66. The molecule has 1 fully saturated rings. The van der Waals surface area contributed by atoms with E-state index in [1.165, 1.54) is 18.5 Å². The monoisotopic (exact) mass is 300 g/mol. The highest BCUT2D eigenvalue weighted by Gasteiger charge is 2.21. The predicted molar refractivity (Wildman–Crippen MR) is 86.8 cm³/mol. The van der Waals surface area contributed by atoms with E-state index in [1.54, 1.807) is 7.11 Å². The molecule has 0 amide bonds. The van der Waals surface area contributed by atoms with Gasteiger partial charge in [-0.3, -0.25) is 10.1 Å². The number of H-pyrrole nitrogens is 1. The quantitative estimate of drug-likeness (QED) is 0.922. The van der Waals surface area contributed by atoms with Crippen molar-refractivity contribution < 1.29 is 4.74 Å². The van der Waals surface area contributed by atoms with E-state index in [4.69, 9.17) is 9.72 Å². The first kappa shape index (κ1) is 15.2. The lowest BCUT2D eigenvalue weighted by atomic mass is 9.93. The van der Waals surface area contributed by atoms with Gasteiger partial charge in [-0.25, -0.2) is 0 Å². The lowest BCUT2D eigenvalue weighted by Crippen LogP contribution is -2.35. The summed E-state index contributed by atoms with van der Waals surface area (Å²) in [6, 6.07) is 8.32. The third kappa shape index (κ3) is 3.54. The highest BCUT2D eigenvalue weighted by molar-refractivity contribution is 5.54. The highest BCUT2D eigenvalue weighted by Crippen LogP contribution is 2.28. The number of nitrogens with zero attached hydrogens (tertiary/aromatic N) is 3. The van der Waals surface area contributed by atoms with E-state index in [2.05, 4.69) is 27.2 Å². The molecule has 5 nitrogen and oxygen atoms in total. The molecule has 0 aromatic carbocycles. The maximum absolute atomic E-state index is 5.16. The van der Waals surface area contributed by atoms with Gasteiger partial charge < -0.3 is 9.64 Å². The smallest absolute Gasteiger partial charge is 0.111 e. The third-order valence-electron chi connectivity index (χ3n) is 4.36. The number of nitrogens with one attached hydrogen (secondary N) is 1. The molecule has 1 saturated heterocycles. The number of pyridine rings is 1. The SMILES string of the molecule is COCCN1CCC(c2cccc(-c3cc(C)[nH]n3)n2)CC1. The minimum atomic E-state index is 0.554. The molecule has 0 atom stereocenters. The van der Waals surface area contributed by atoms with E-state index < -0.39 is 0 Å². The summed E-state index contributed by atoms with van der Waals surface area (Å²) >= 11 is 0. The summed E-state index contributed by atoms with van der Waals surface area (Å²) in [5.41, 5.74) is 4.15. The molecule has 0 unspecified atom stereocenters. The molecule has 0 bridgehead atoms. The van der Waals surface area contributed by atoms with Gasteiger partial charge in [0.1, 0.15) is 5.69 Å². The molecule has 2 aromatic rings. The second-order valence-electron chi connectivity index (χ2n) is 5.99. The Morgan fingerprint density at radius 2 is 2.09 bits per heavy atom. The van der Waals surface area contributed by atoms with E-state index in [0.29, 0.717) is 5.92 Å². The van der Waals surface area contributed by atoms with Crippen LogP contribution in [-0.4, -0.2) is 53.4 Å². The van der Waals surface area contributed by atoms with Crippen molar-refractivity contribution in [1.29, 1.82) is 0 Å². The molecule has 3 heterocycles. The molecule has 0 saturated carbocycles. The molecule has 0 aliphatic carbocycles. The standard InChI is InChI=1S/C17H24N4O/c1-13-12-17(20-19-13)16-5-3-4-15(18-16)14-6-8-21(9-7-14)10-11-22-2/h3-5,12,14H,6-11H2,1-2H3,(H,19,20). The Morgan fingerprint density at radius 1 is 1.27 bits per heavy atom. The summed E-state index contributed by atoms with van der Waals surface area (Å²) in [6.07, 6.45) is 2.33. The van der Waals surface area contributed by atoms with Crippen molar-refractivity contribution in [3.05, 3.63) is 35.7 Å². The first-order chi connectivity index (χ1) is 10.8. The van der Waals surface area contributed by atoms with Crippen molar-refractivity contribution in [3.63, 3.8) is 0 Å². The van der Waals surface area contributed by atoms with Crippen molar-refractivity contribution in [2.75, 3.05) is 33.4 Å². The fourth-order valence-corrected chi connectivity index (χ4v) is 3.04. The van der Waals surface area contributed by atoms with Crippen molar-refractivity contribution in [1.82, 2.24) is 20.1 Å². The maximum Gasteiger partial charge on any atom is 0.111 e. The number of hydrogen-bond acceptors (Lipinski definition) is 4. The molecule has 1 aliphatic rings. The topological polar surface area (TPSA) is 54.0 Å². The van der Waals surface area contributed by atoms with Crippen LogP contribution in [-0.2, 0) is 4.74 Å². The fraction of sp³-hybridized carbons (Fsp3) is 0.529. The highest BCUT2D eigenvalue weighted by atomic mass is 16.5. The number of piperidine rings is 1. The number of aryl methyl sites for hydroxylation is 1. The summed E-state index contributed by atoms with van der Waals surface area (Å²) in [5, 5.41) is 7.29. The molecule has 3 rings (SSSR count). The zero-order valence-corrected chi connectivity index (χ0v) is 13.4. The number of ether oxygens (including phenoxy) is 1. The summed E-state index contributed by atoms with van der Waals surface area (Å²) in [5.74, 6) is 0.554. The molecule has 118 valence electrons. The largest absolute Gasteiger partial charge is 0.383 e. The molecular formula is C17H24N4O. The normalized spacial score (nSPS) is 17.0. The lowest BCUT2D eigenvalue weighted by Gasteiger charge is -2.31. The Labute approximate surface area is 131 Å². The van der Waals surface area contributed by atoms with Crippen LogP contribution in [0.15, 0.2) is 24.3 Å². The molecule has 1 aliphatic heterocycles. The summed E-state index contributed by atoms with van der Waals surface area (Å²) in [7, 11) is 1.76. The van der Waals surface area contributed by atoms with Crippen LogP contribution in [0.4, 0.5) is 0 Å². The van der Waals surface area contributed by atoms with Gasteiger partial charge in [0, 0.05) is 31.0 Å². The Kier molecular flexibility index (Phi) is 4.85. The van der Waals surface area contributed by atoms with E-state index in [1.807, 2.05) is 19.1 Å². The Hall–Kier alpha value is -1.72. The summed E-state index contributed by atoms with van der Waals surface area (Å²) in [6.45, 7) is 6.11. The van der Waals surface area contributed by atoms with Crippen LogP contribution in [0.5, 0.6) is 0 Å². The van der Waals surface area contributed by atoms with Gasteiger partial charge in [0.05, 0.1) is 12.3 Å². The number of likely N-dealkylation sites (tertiary alicyclic amines) is 1. The molecule has 5 heteroatoms. The Bertz CT molecular complexity index is 602. The molecule has 22 heavy (non-hydrogen) atoms. The van der Waals surface area contributed by atoms with Crippen LogP contribution >= 0.6 is 0 Å². The molecule has 0 radical (unpaired) electrons. The lowest BCUT2D eigenvalue weighted by molar-refractivity contribution is 0.130. The number of methoxy groups -OCH3 is 1. The van der Waals surface area contributed by atoms with Gasteiger partial charge in [0.2, 0.25) is 0 Å². The van der Waals surface area contributed by atoms with Gasteiger partial charge in [-0.1, -0.05) is 6.07 Å². The van der Waals surface area contributed by atoms with Crippen LogP contribution in [0.1, 0.15) is 30.1 Å². The van der Waals surface area contributed by atoms with Gasteiger partial charge >= 0.3 is 0 Å². The average molecular weight is 300 g/mol. The van der Waals surface area contributed by atoms with E-state index in [0.717, 1.165) is 43.3 Å². The average Bonchev–Trinajstić information content (AvgIpc) is 3.00. The van der Waals surface area contributed by atoms with E-state index in [9.17, 15) is 0 Å². The molecule has 2 aromatic heterocycles. The van der Waals surface area contributed by atoms with E-state index in [-0.39, 0.29) is 0 Å². The molecule has 1 N–H and O–H groups in total. The minimum absolute atomic E-state index is 0.554. The zero-order chi connectivity index (χ0) is 15.4. The first-order valence-corrected chi connectivity index (χ1v) is 7.97. The first-order valence-electron chi connectivity index (χ1n) is 7.97. The Morgan fingerprint density at radius 3 is 2.77 bits per heavy atom. The summed E-state index contributed by atoms with van der Waals surface area (Å²) < 4.78 is 5.16. The van der Waals surface area contributed by atoms with Crippen LogP contribution in [0, 0.1) is 6.92 Å². The van der Waals surface area contributed by atoms with Crippen molar-refractivity contribution in [2.24, 2.45) is 0 Å². The van der Waals surface area contributed by atoms with Crippen molar-refractivity contribution in [3.8, 4) is 11.4 Å². The third-order valence-corrected chi connectivity index (χ3v) is 4.36. The summed E-state index contributed by atoms with van der Waals surface area (Å²) in [4.78, 5) is 7.31. The van der Waals surface area contributed by atoms with Crippen LogP contribution in [0.3, 0.4) is 0 Å². The number of aromatic nitrogens is 3. The predicted octanol–water partition coefficient (Wildman–Crippen LogP) is 2.61. The van der Waals surface area contributed by atoms with Crippen LogP contribution in [0.25, 0.3) is 11.4 Å². The van der Waals surface area contributed by atoms with Crippen molar-refractivity contribution in [2.45, 2.75) is 25.7 Å². The second-order valence-corrected chi connectivity index (χ2v) is 5.99. The fourth-order valence-electron chi connectivity index (χ4n) is 3.04. The van der Waals surface area contributed by atoms with Gasteiger partial charge in [0.15, 0.2) is 0 Å². The van der Waals surface area contributed by atoms with E-state index >= 15 is 0 Å². The van der Waals surface area contributed by atoms with Gasteiger partial charge in [-0.05, 0) is 51.1 Å². The zero-order valence-electron chi connectivity index (χ0n) is 13.4. The maximum atomic E-state index is 5.16. The molecule has 0 spiro atoms. The number of rotatable bonds is 5. The van der Waals surface area contributed by atoms with Crippen molar-refractivity contribution >= 4 is 0 Å². The van der Waals surface area contributed by atoms with Crippen LogP contribution in [0.2, 0.25) is 0 Å².